The average Bonchev–Trinajstić information content (AvgIpc) is 3.28. The molecule has 0 bridgehead atoms. The topological polar surface area (TPSA) is 80.6 Å². The Kier molecular flexibility index (Phi) is 3.52. The molecule has 3 rings (SSSR count). The number of nitrogens with one attached hydrogen (secondary N) is 1. The molecule has 0 spiro atoms. The molecular weight excluding hydrogens is 270 g/mol. The van der Waals surface area contributed by atoms with E-state index in [9.17, 15) is 0 Å². The summed E-state index contributed by atoms with van der Waals surface area (Å²) in [6, 6.07) is 0.643. The van der Waals surface area contributed by atoms with E-state index in [-0.39, 0.29) is 11.3 Å². The smallest absolute Gasteiger partial charge is 0.191 e. The Morgan fingerprint density at radius 2 is 2.05 bits per heavy atom. The summed E-state index contributed by atoms with van der Waals surface area (Å²) in [5, 5.41) is 17.5. The summed E-state index contributed by atoms with van der Waals surface area (Å²) in [5.41, 5.74) is 5.41. The lowest BCUT2D eigenvalue weighted by Gasteiger charge is -2.22. The monoisotopic (exact) mass is 293 g/mol. The Morgan fingerprint density at radius 3 is 2.60 bits per heavy atom. The van der Waals surface area contributed by atoms with Gasteiger partial charge in [-0.25, -0.2) is 0 Å². The predicted molar refractivity (Wildman–Crippen MR) is 81.3 cm³/mol. The van der Waals surface area contributed by atoms with Gasteiger partial charge in [-0.2, -0.15) is 0 Å². The maximum Gasteiger partial charge on any atom is 0.191 e. The highest BCUT2D eigenvalue weighted by Gasteiger charge is 2.36. The fourth-order valence-electron chi connectivity index (χ4n) is 2.21. The van der Waals surface area contributed by atoms with E-state index in [0.717, 1.165) is 17.3 Å². The average molecular weight is 293 g/mol. The standard InChI is InChI=1S/C14H23N5S/c1-14(2,12(15)16)7-8-20-13-18-17-11(9-3-4-9)19(13)10-5-6-10/h9-10H,3-8H2,1-2H3,(H3,15,16). The first-order valence-electron chi connectivity index (χ1n) is 7.41. The van der Waals surface area contributed by atoms with Gasteiger partial charge in [0.25, 0.3) is 0 Å². The van der Waals surface area contributed by atoms with Gasteiger partial charge in [0.15, 0.2) is 5.16 Å². The molecule has 20 heavy (non-hydrogen) atoms. The van der Waals surface area contributed by atoms with E-state index in [2.05, 4.69) is 14.8 Å². The van der Waals surface area contributed by atoms with Gasteiger partial charge in [0.2, 0.25) is 0 Å². The van der Waals surface area contributed by atoms with Gasteiger partial charge in [0.05, 0.1) is 5.84 Å². The van der Waals surface area contributed by atoms with Crippen molar-refractivity contribution >= 4 is 17.6 Å². The molecule has 2 fully saturated rings. The molecule has 0 atom stereocenters. The molecule has 110 valence electrons. The molecule has 0 unspecified atom stereocenters. The fraction of sp³-hybridized carbons (Fsp3) is 0.786. The number of nitrogens with zero attached hydrogens (tertiary/aromatic N) is 3. The first-order valence-corrected chi connectivity index (χ1v) is 8.39. The second kappa shape index (κ2) is 5.06. The van der Waals surface area contributed by atoms with Crippen LogP contribution in [0.2, 0.25) is 0 Å². The summed E-state index contributed by atoms with van der Waals surface area (Å²) >= 11 is 1.76. The second-order valence-electron chi connectivity index (χ2n) is 6.61. The number of aromatic nitrogens is 3. The summed E-state index contributed by atoms with van der Waals surface area (Å²) in [6.45, 7) is 4.05. The van der Waals surface area contributed by atoms with Crippen LogP contribution in [0.5, 0.6) is 0 Å². The molecule has 2 saturated carbocycles. The molecule has 2 aliphatic rings. The van der Waals surface area contributed by atoms with E-state index >= 15 is 0 Å². The number of hydrogen-bond donors (Lipinski definition) is 2. The number of amidine groups is 1. The van der Waals surface area contributed by atoms with Crippen molar-refractivity contribution in [3.63, 3.8) is 0 Å². The van der Waals surface area contributed by atoms with Crippen LogP contribution in [-0.2, 0) is 0 Å². The van der Waals surface area contributed by atoms with Crippen molar-refractivity contribution in [2.75, 3.05) is 5.75 Å². The van der Waals surface area contributed by atoms with Crippen LogP contribution in [0.4, 0.5) is 0 Å². The van der Waals surface area contributed by atoms with Gasteiger partial charge in [-0.1, -0.05) is 25.6 Å². The zero-order valence-corrected chi connectivity index (χ0v) is 13.0. The zero-order valence-electron chi connectivity index (χ0n) is 12.2. The predicted octanol–water partition coefficient (Wildman–Crippen LogP) is 2.93. The molecule has 0 amide bonds. The van der Waals surface area contributed by atoms with Crippen LogP contribution < -0.4 is 5.73 Å². The van der Waals surface area contributed by atoms with Crippen molar-refractivity contribution in [1.82, 2.24) is 14.8 Å². The first-order chi connectivity index (χ1) is 9.49. The molecule has 0 aliphatic heterocycles. The molecule has 0 aromatic carbocycles. The molecule has 0 saturated heterocycles. The fourth-order valence-corrected chi connectivity index (χ4v) is 3.49. The van der Waals surface area contributed by atoms with E-state index in [1.807, 2.05) is 13.8 Å². The molecule has 5 nitrogen and oxygen atoms in total. The Balaban J connectivity index is 1.64. The maximum atomic E-state index is 7.60. The van der Waals surface area contributed by atoms with Gasteiger partial charge < -0.3 is 10.3 Å². The lowest BCUT2D eigenvalue weighted by Crippen LogP contribution is -2.31. The van der Waals surface area contributed by atoms with Crippen LogP contribution in [-0.4, -0.2) is 26.4 Å². The summed E-state index contributed by atoms with van der Waals surface area (Å²) < 4.78 is 2.38. The van der Waals surface area contributed by atoms with Crippen LogP contribution in [0, 0.1) is 10.8 Å². The summed E-state index contributed by atoms with van der Waals surface area (Å²) in [4.78, 5) is 0. The number of rotatable bonds is 7. The third kappa shape index (κ3) is 2.85. The van der Waals surface area contributed by atoms with E-state index in [1.165, 1.54) is 31.5 Å². The quantitative estimate of drug-likeness (QED) is 0.460. The van der Waals surface area contributed by atoms with Crippen molar-refractivity contribution in [1.29, 1.82) is 5.41 Å². The van der Waals surface area contributed by atoms with Crippen molar-refractivity contribution in [3.05, 3.63) is 5.82 Å². The van der Waals surface area contributed by atoms with Crippen molar-refractivity contribution in [2.24, 2.45) is 11.1 Å². The molecule has 0 radical (unpaired) electrons. The van der Waals surface area contributed by atoms with Gasteiger partial charge in [-0.3, -0.25) is 5.41 Å². The van der Waals surface area contributed by atoms with Crippen LogP contribution >= 0.6 is 11.8 Å². The molecule has 2 aliphatic carbocycles. The summed E-state index contributed by atoms with van der Waals surface area (Å²) in [7, 11) is 0. The Morgan fingerprint density at radius 1 is 1.35 bits per heavy atom. The molecule has 3 N–H and O–H groups in total. The lowest BCUT2D eigenvalue weighted by atomic mass is 9.89. The van der Waals surface area contributed by atoms with Gasteiger partial charge >= 0.3 is 0 Å². The van der Waals surface area contributed by atoms with Crippen LogP contribution in [0.25, 0.3) is 0 Å². The molecule has 1 aromatic heterocycles. The number of thioether (sulfide) groups is 1. The SMILES string of the molecule is CC(C)(CCSc1nnc(C2CC2)n1C1CC1)C(=N)N. The van der Waals surface area contributed by atoms with E-state index in [1.54, 1.807) is 11.8 Å². The number of nitrogens with two attached hydrogens (primary N) is 1. The highest BCUT2D eigenvalue weighted by molar-refractivity contribution is 7.99. The van der Waals surface area contributed by atoms with Gasteiger partial charge in [0.1, 0.15) is 5.82 Å². The van der Waals surface area contributed by atoms with Crippen LogP contribution in [0.3, 0.4) is 0 Å². The third-order valence-corrected chi connectivity index (χ3v) is 5.18. The number of hydrogen-bond acceptors (Lipinski definition) is 4. The second-order valence-corrected chi connectivity index (χ2v) is 7.67. The molecular formula is C14H23N5S. The summed E-state index contributed by atoms with van der Waals surface area (Å²) in [5.74, 6) is 3.06. The third-order valence-electron chi connectivity index (χ3n) is 4.23. The summed E-state index contributed by atoms with van der Waals surface area (Å²) in [6.07, 6.45) is 5.97. The molecule has 1 heterocycles. The lowest BCUT2D eigenvalue weighted by molar-refractivity contribution is 0.499. The van der Waals surface area contributed by atoms with E-state index < -0.39 is 0 Å². The first kappa shape index (κ1) is 13.9. The molecule has 6 heteroatoms. The Bertz CT molecular complexity index is 514. The van der Waals surface area contributed by atoms with Crippen molar-refractivity contribution in [3.8, 4) is 0 Å². The van der Waals surface area contributed by atoms with Crippen LogP contribution in [0.1, 0.15) is 63.7 Å². The Hall–Kier alpha value is -1.04. The largest absolute Gasteiger partial charge is 0.387 e. The highest BCUT2D eigenvalue weighted by Crippen LogP contribution is 2.46. The highest BCUT2D eigenvalue weighted by atomic mass is 32.2. The van der Waals surface area contributed by atoms with Crippen molar-refractivity contribution < 1.29 is 0 Å². The zero-order chi connectivity index (χ0) is 14.3. The van der Waals surface area contributed by atoms with E-state index in [4.69, 9.17) is 11.1 Å². The van der Waals surface area contributed by atoms with Gasteiger partial charge in [-0.05, 0) is 32.1 Å². The van der Waals surface area contributed by atoms with E-state index in [0.29, 0.717) is 12.0 Å². The maximum absolute atomic E-state index is 7.60. The van der Waals surface area contributed by atoms with Gasteiger partial charge in [-0.15, -0.1) is 10.2 Å². The minimum Gasteiger partial charge on any atom is -0.387 e. The van der Waals surface area contributed by atoms with Crippen molar-refractivity contribution in [2.45, 2.75) is 63.1 Å². The minimum absolute atomic E-state index is 0.225. The van der Waals surface area contributed by atoms with Crippen LogP contribution in [0.15, 0.2) is 5.16 Å². The Labute approximate surface area is 124 Å². The normalized spacial score (nSPS) is 19.3. The minimum atomic E-state index is -0.225. The van der Waals surface area contributed by atoms with Gasteiger partial charge in [0, 0.05) is 23.1 Å². The molecule has 1 aromatic rings.